The van der Waals surface area contributed by atoms with E-state index < -0.39 is 30.9 Å². The first-order valence-electron chi connectivity index (χ1n) is 8.23. The Bertz CT molecular complexity index is 429. The van der Waals surface area contributed by atoms with E-state index in [9.17, 15) is 24.4 Å². The zero-order chi connectivity index (χ0) is 18.9. The van der Waals surface area contributed by atoms with Crippen LogP contribution in [0.2, 0.25) is 0 Å². The van der Waals surface area contributed by atoms with E-state index in [1.165, 1.54) is 6.92 Å². The van der Waals surface area contributed by atoms with E-state index in [0.717, 1.165) is 0 Å². The average Bonchev–Trinajstić information content (AvgIpc) is 2.41. The van der Waals surface area contributed by atoms with Gasteiger partial charge in [-0.05, 0) is 24.7 Å². The summed E-state index contributed by atoms with van der Waals surface area (Å²) >= 11 is 0. The molecule has 5 N–H and O–H groups in total. The molecule has 138 valence electrons. The summed E-state index contributed by atoms with van der Waals surface area (Å²) in [4.78, 5) is 35.2. The minimum Gasteiger partial charge on any atom is -0.426 e. The molecule has 9 heteroatoms. The Kier molecular flexibility index (Phi) is 10.3. The number of carbonyl (C=O) groups is 3. The second kappa shape index (κ2) is 11.0. The van der Waals surface area contributed by atoms with Gasteiger partial charge in [0.25, 0.3) is 0 Å². The van der Waals surface area contributed by atoms with Gasteiger partial charge >= 0.3 is 7.12 Å². The molecule has 0 aliphatic rings. The molecule has 0 fully saturated rings. The van der Waals surface area contributed by atoms with Crippen molar-refractivity contribution in [2.75, 3.05) is 6.54 Å². The fraction of sp³-hybridized carbons (Fsp3) is 0.800. The van der Waals surface area contributed by atoms with Gasteiger partial charge in [-0.1, -0.05) is 27.7 Å². The van der Waals surface area contributed by atoms with Gasteiger partial charge < -0.3 is 26.0 Å². The van der Waals surface area contributed by atoms with Gasteiger partial charge in [-0.25, -0.2) is 0 Å². The fourth-order valence-electron chi connectivity index (χ4n) is 2.26. The highest BCUT2D eigenvalue weighted by Gasteiger charge is 2.26. The van der Waals surface area contributed by atoms with Crippen LogP contribution in [-0.4, -0.2) is 53.4 Å². The van der Waals surface area contributed by atoms with Crippen molar-refractivity contribution in [2.24, 2.45) is 11.8 Å². The van der Waals surface area contributed by atoms with E-state index in [2.05, 4.69) is 16.0 Å². The van der Waals surface area contributed by atoms with Gasteiger partial charge in [-0.3, -0.25) is 14.4 Å². The van der Waals surface area contributed by atoms with Crippen LogP contribution >= 0.6 is 0 Å². The van der Waals surface area contributed by atoms with Crippen LogP contribution in [-0.2, 0) is 14.4 Å². The summed E-state index contributed by atoms with van der Waals surface area (Å²) < 4.78 is 0. The van der Waals surface area contributed by atoms with Gasteiger partial charge in [0.15, 0.2) is 0 Å². The van der Waals surface area contributed by atoms with Crippen molar-refractivity contribution < 1.29 is 24.4 Å². The summed E-state index contributed by atoms with van der Waals surface area (Å²) in [7, 11) is -1.67. The van der Waals surface area contributed by atoms with Crippen LogP contribution in [0.15, 0.2) is 0 Å². The second-order valence-corrected chi connectivity index (χ2v) is 6.82. The maximum absolute atomic E-state index is 12.1. The molecule has 0 heterocycles. The monoisotopic (exact) mass is 343 g/mol. The number of amides is 3. The fourth-order valence-corrected chi connectivity index (χ4v) is 2.26. The SMILES string of the molecule is CC(=O)NC(CC(C)C)C(=O)NCC(=O)NC(CC(C)C)B(O)O. The lowest BCUT2D eigenvalue weighted by Crippen LogP contribution is -2.52. The minimum atomic E-state index is -1.67. The lowest BCUT2D eigenvalue weighted by molar-refractivity contribution is -0.130. The van der Waals surface area contributed by atoms with Crippen molar-refractivity contribution in [1.82, 2.24) is 16.0 Å². The van der Waals surface area contributed by atoms with Crippen molar-refractivity contribution in [3.8, 4) is 0 Å². The molecule has 0 bridgehead atoms. The van der Waals surface area contributed by atoms with E-state index in [4.69, 9.17) is 0 Å². The maximum Gasteiger partial charge on any atom is 0.475 e. The zero-order valence-corrected chi connectivity index (χ0v) is 15.1. The summed E-state index contributed by atoms with van der Waals surface area (Å²) in [5.41, 5.74) is 0. The molecule has 0 aliphatic carbocycles. The van der Waals surface area contributed by atoms with Crippen molar-refractivity contribution in [3.63, 3.8) is 0 Å². The molecular formula is C15H30BN3O5. The third-order valence-corrected chi connectivity index (χ3v) is 3.26. The third-order valence-electron chi connectivity index (χ3n) is 3.26. The first-order valence-corrected chi connectivity index (χ1v) is 8.23. The van der Waals surface area contributed by atoms with E-state index in [1.807, 2.05) is 27.7 Å². The van der Waals surface area contributed by atoms with Crippen LogP contribution in [0.1, 0.15) is 47.5 Å². The number of rotatable bonds is 10. The third kappa shape index (κ3) is 10.2. The molecule has 0 aromatic heterocycles. The van der Waals surface area contributed by atoms with Crippen LogP contribution in [0.4, 0.5) is 0 Å². The van der Waals surface area contributed by atoms with Gasteiger partial charge in [0.1, 0.15) is 6.04 Å². The lowest BCUT2D eigenvalue weighted by atomic mass is 9.75. The second-order valence-electron chi connectivity index (χ2n) is 6.82. The molecule has 0 spiro atoms. The van der Waals surface area contributed by atoms with Crippen LogP contribution in [0, 0.1) is 11.8 Å². The van der Waals surface area contributed by atoms with Crippen molar-refractivity contribution >= 4 is 24.8 Å². The van der Waals surface area contributed by atoms with E-state index >= 15 is 0 Å². The number of nitrogens with one attached hydrogen (secondary N) is 3. The largest absolute Gasteiger partial charge is 0.475 e. The van der Waals surface area contributed by atoms with E-state index in [-0.39, 0.29) is 24.3 Å². The standard InChI is InChI=1S/C15H30BN3O5/c1-9(2)6-12(18-11(5)20)15(22)17-8-14(21)19-13(16(23)24)7-10(3)4/h9-10,12-13,23-24H,6-8H2,1-5H3,(H,17,22)(H,18,20)(H,19,21). The Balaban J connectivity index is 4.53. The van der Waals surface area contributed by atoms with Crippen molar-refractivity contribution in [1.29, 1.82) is 0 Å². The molecule has 0 aliphatic heterocycles. The van der Waals surface area contributed by atoms with Crippen LogP contribution < -0.4 is 16.0 Å². The molecule has 0 radical (unpaired) electrons. The lowest BCUT2D eigenvalue weighted by Gasteiger charge is -2.21. The highest BCUT2D eigenvalue weighted by Crippen LogP contribution is 2.06. The zero-order valence-electron chi connectivity index (χ0n) is 15.1. The predicted molar refractivity (Wildman–Crippen MR) is 91.6 cm³/mol. The Labute approximate surface area is 143 Å². The summed E-state index contributed by atoms with van der Waals surface area (Å²) in [5.74, 6) is -1.72. The van der Waals surface area contributed by atoms with E-state index in [0.29, 0.717) is 12.8 Å². The first kappa shape index (κ1) is 22.4. The quantitative estimate of drug-likeness (QED) is 0.332. The molecule has 8 nitrogen and oxygen atoms in total. The number of carbonyl (C=O) groups excluding carboxylic acids is 3. The van der Waals surface area contributed by atoms with Gasteiger partial charge in [0.05, 0.1) is 12.5 Å². The summed E-state index contributed by atoms with van der Waals surface area (Å²) in [6.07, 6.45) is 0.859. The van der Waals surface area contributed by atoms with Gasteiger partial charge in [0.2, 0.25) is 17.7 Å². The van der Waals surface area contributed by atoms with Gasteiger partial charge in [-0.2, -0.15) is 0 Å². The summed E-state index contributed by atoms with van der Waals surface area (Å²) in [5, 5.41) is 26.1. The summed E-state index contributed by atoms with van der Waals surface area (Å²) in [6.45, 7) is 8.67. The Morgan fingerprint density at radius 3 is 1.92 bits per heavy atom. The van der Waals surface area contributed by atoms with Crippen LogP contribution in [0.25, 0.3) is 0 Å². The minimum absolute atomic E-state index is 0.168. The molecule has 2 unspecified atom stereocenters. The summed E-state index contributed by atoms with van der Waals surface area (Å²) in [6, 6.07) is -0.704. The first-order chi connectivity index (χ1) is 11.0. The number of hydrogen-bond donors (Lipinski definition) is 5. The molecule has 0 saturated heterocycles. The molecule has 2 atom stereocenters. The highest BCUT2D eigenvalue weighted by molar-refractivity contribution is 6.43. The highest BCUT2D eigenvalue weighted by atomic mass is 16.4. The van der Waals surface area contributed by atoms with Crippen LogP contribution in [0.3, 0.4) is 0 Å². The molecule has 0 saturated carbocycles. The number of hydrogen-bond acceptors (Lipinski definition) is 5. The molecule has 3 amide bonds. The van der Waals surface area contributed by atoms with E-state index in [1.54, 1.807) is 0 Å². The average molecular weight is 343 g/mol. The molecule has 0 aromatic rings. The molecule has 0 rings (SSSR count). The van der Waals surface area contributed by atoms with Crippen molar-refractivity contribution in [3.05, 3.63) is 0 Å². The Hall–Kier alpha value is -1.61. The Morgan fingerprint density at radius 2 is 1.50 bits per heavy atom. The smallest absolute Gasteiger partial charge is 0.426 e. The molecular weight excluding hydrogens is 313 g/mol. The normalized spacial score (nSPS) is 13.4. The predicted octanol–water partition coefficient (Wildman–Crippen LogP) is -0.804. The van der Waals surface area contributed by atoms with Gasteiger partial charge in [0, 0.05) is 6.92 Å². The van der Waals surface area contributed by atoms with Gasteiger partial charge in [-0.15, -0.1) is 0 Å². The Morgan fingerprint density at radius 1 is 0.958 bits per heavy atom. The maximum atomic E-state index is 12.1. The topological polar surface area (TPSA) is 128 Å². The molecule has 0 aromatic carbocycles. The van der Waals surface area contributed by atoms with Crippen LogP contribution in [0.5, 0.6) is 0 Å². The van der Waals surface area contributed by atoms with Crippen molar-refractivity contribution in [2.45, 2.75) is 59.4 Å². The molecule has 24 heavy (non-hydrogen) atoms.